The lowest BCUT2D eigenvalue weighted by Crippen LogP contribution is -2.02. The molecule has 0 amide bonds. The van der Waals surface area contributed by atoms with E-state index in [0.717, 1.165) is 55.3 Å². The standard InChI is InChI=1S/C47H30N4/c1-3-14-31(15-4-1)34-20-13-21-36(28-34)46-48-45(33-17-5-2-6-18-33)49-47(50-46)37-29-35-19-8-9-22-38(35)43(30-37)51-41-25-12-11-24-40(41)44-39-23-10-7-16-32(39)26-27-42(44)51/h1-30H. The average Bonchev–Trinajstić information content (AvgIpc) is 3.56. The SMILES string of the molecule is c1ccc(-c2cccc(-c3nc(-c4ccccc4)nc(-c4cc(-n5c6ccccc6c6c7ccccc7ccc65)c5ccccc5c4)n3)c2)cc1. The van der Waals surface area contributed by atoms with Crippen LogP contribution < -0.4 is 0 Å². The van der Waals surface area contributed by atoms with E-state index in [-0.39, 0.29) is 0 Å². The Morgan fingerprint density at radius 2 is 0.882 bits per heavy atom. The minimum atomic E-state index is 0.627. The Hall–Kier alpha value is -6.91. The Balaban J connectivity index is 1.24. The van der Waals surface area contributed by atoms with E-state index < -0.39 is 0 Å². The molecule has 0 saturated carbocycles. The molecule has 238 valence electrons. The average molecular weight is 651 g/mol. The second-order valence-corrected chi connectivity index (χ2v) is 12.9. The number of fused-ring (bicyclic) bond motifs is 6. The molecule has 0 aliphatic rings. The van der Waals surface area contributed by atoms with Gasteiger partial charge < -0.3 is 4.57 Å². The van der Waals surface area contributed by atoms with Gasteiger partial charge in [-0.3, -0.25) is 0 Å². The predicted octanol–water partition coefficient (Wildman–Crippen LogP) is 11.9. The molecular weight excluding hydrogens is 621 g/mol. The van der Waals surface area contributed by atoms with Crippen molar-refractivity contribution in [3.05, 3.63) is 182 Å². The van der Waals surface area contributed by atoms with Crippen molar-refractivity contribution < 1.29 is 0 Å². The number of nitrogens with zero attached hydrogens (tertiary/aromatic N) is 4. The van der Waals surface area contributed by atoms with Gasteiger partial charge in [-0.25, -0.2) is 15.0 Å². The number of rotatable bonds is 5. The number of hydrogen-bond acceptors (Lipinski definition) is 3. The van der Waals surface area contributed by atoms with Crippen molar-refractivity contribution in [1.82, 2.24) is 19.5 Å². The number of para-hydroxylation sites is 1. The molecule has 2 heterocycles. The summed E-state index contributed by atoms with van der Waals surface area (Å²) >= 11 is 0. The molecule has 10 aromatic rings. The van der Waals surface area contributed by atoms with Gasteiger partial charge in [0.25, 0.3) is 0 Å². The van der Waals surface area contributed by atoms with Gasteiger partial charge in [0.1, 0.15) is 0 Å². The van der Waals surface area contributed by atoms with Crippen LogP contribution in [0.25, 0.3) is 94.3 Å². The molecule has 51 heavy (non-hydrogen) atoms. The monoisotopic (exact) mass is 650 g/mol. The maximum atomic E-state index is 5.20. The van der Waals surface area contributed by atoms with Crippen molar-refractivity contribution in [2.24, 2.45) is 0 Å². The van der Waals surface area contributed by atoms with Crippen molar-refractivity contribution in [3.8, 4) is 51.0 Å². The van der Waals surface area contributed by atoms with Gasteiger partial charge in [0.2, 0.25) is 0 Å². The van der Waals surface area contributed by atoms with Crippen molar-refractivity contribution in [3.63, 3.8) is 0 Å². The molecule has 0 N–H and O–H groups in total. The zero-order chi connectivity index (χ0) is 33.7. The molecule has 0 aliphatic carbocycles. The van der Waals surface area contributed by atoms with Crippen LogP contribution in [-0.4, -0.2) is 19.5 Å². The Morgan fingerprint density at radius 3 is 1.67 bits per heavy atom. The first-order valence-corrected chi connectivity index (χ1v) is 17.2. The van der Waals surface area contributed by atoms with Gasteiger partial charge in [-0.15, -0.1) is 0 Å². The molecule has 0 spiro atoms. The van der Waals surface area contributed by atoms with Crippen LogP contribution in [0, 0.1) is 0 Å². The normalized spacial score (nSPS) is 11.5. The predicted molar refractivity (Wildman–Crippen MR) is 211 cm³/mol. The quantitative estimate of drug-likeness (QED) is 0.186. The highest BCUT2D eigenvalue weighted by Gasteiger charge is 2.19. The van der Waals surface area contributed by atoms with Gasteiger partial charge in [-0.05, 0) is 57.6 Å². The summed E-state index contributed by atoms with van der Waals surface area (Å²) in [7, 11) is 0. The van der Waals surface area contributed by atoms with Crippen LogP contribution in [0.1, 0.15) is 0 Å². The molecule has 0 fully saturated rings. The van der Waals surface area contributed by atoms with Gasteiger partial charge in [-0.2, -0.15) is 0 Å². The summed E-state index contributed by atoms with van der Waals surface area (Å²) in [5.74, 6) is 1.90. The minimum Gasteiger partial charge on any atom is -0.309 e. The van der Waals surface area contributed by atoms with E-state index in [0.29, 0.717) is 17.5 Å². The summed E-state index contributed by atoms with van der Waals surface area (Å²) in [6.07, 6.45) is 0. The first-order valence-electron chi connectivity index (χ1n) is 17.2. The zero-order valence-corrected chi connectivity index (χ0v) is 27.6. The van der Waals surface area contributed by atoms with Crippen LogP contribution in [0.15, 0.2) is 182 Å². The summed E-state index contributed by atoms with van der Waals surface area (Å²) in [5.41, 5.74) is 8.47. The van der Waals surface area contributed by atoms with Gasteiger partial charge >= 0.3 is 0 Å². The van der Waals surface area contributed by atoms with Crippen LogP contribution in [0.2, 0.25) is 0 Å². The van der Waals surface area contributed by atoms with Gasteiger partial charge in [-0.1, -0.05) is 152 Å². The largest absolute Gasteiger partial charge is 0.309 e. The molecule has 0 atom stereocenters. The molecule has 10 rings (SSSR count). The van der Waals surface area contributed by atoms with Gasteiger partial charge in [0.05, 0.1) is 16.7 Å². The molecule has 2 aromatic heterocycles. The van der Waals surface area contributed by atoms with Crippen LogP contribution >= 0.6 is 0 Å². The fourth-order valence-electron chi connectivity index (χ4n) is 7.42. The molecule has 4 nitrogen and oxygen atoms in total. The van der Waals surface area contributed by atoms with Crippen LogP contribution in [0.5, 0.6) is 0 Å². The summed E-state index contributed by atoms with van der Waals surface area (Å²) in [4.78, 5) is 15.4. The summed E-state index contributed by atoms with van der Waals surface area (Å²) in [6.45, 7) is 0. The summed E-state index contributed by atoms with van der Waals surface area (Å²) in [6, 6.07) is 63.9. The Morgan fingerprint density at radius 1 is 0.314 bits per heavy atom. The molecule has 0 aliphatic heterocycles. The smallest absolute Gasteiger partial charge is 0.164 e. The van der Waals surface area contributed by atoms with E-state index in [1.54, 1.807) is 0 Å². The van der Waals surface area contributed by atoms with Crippen molar-refractivity contribution in [2.75, 3.05) is 0 Å². The van der Waals surface area contributed by atoms with E-state index in [1.807, 2.05) is 24.3 Å². The van der Waals surface area contributed by atoms with Crippen molar-refractivity contribution in [1.29, 1.82) is 0 Å². The minimum absolute atomic E-state index is 0.627. The lowest BCUT2D eigenvalue weighted by Gasteiger charge is -2.15. The first kappa shape index (κ1) is 29.0. The highest BCUT2D eigenvalue weighted by Crippen LogP contribution is 2.40. The zero-order valence-electron chi connectivity index (χ0n) is 27.6. The first-order chi connectivity index (χ1) is 25.3. The fourth-order valence-corrected chi connectivity index (χ4v) is 7.42. The van der Waals surface area contributed by atoms with Crippen LogP contribution in [0.3, 0.4) is 0 Å². The fraction of sp³-hybridized carbons (Fsp3) is 0. The summed E-state index contributed by atoms with van der Waals surface area (Å²) in [5, 5.41) is 7.24. The molecule has 0 radical (unpaired) electrons. The lowest BCUT2D eigenvalue weighted by atomic mass is 10.0. The molecule has 0 unspecified atom stereocenters. The van der Waals surface area contributed by atoms with E-state index in [4.69, 9.17) is 15.0 Å². The van der Waals surface area contributed by atoms with Gasteiger partial charge in [0, 0.05) is 32.8 Å². The van der Waals surface area contributed by atoms with E-state index in [1.165, 1.54) is 21.5 Å². The maximum absolute atomic E-state index is 5.20. The third-order valence-corrected chi connectivity index (χ3v) is 9.80. The van der Waals surface area contributed by atoms with E-state index in [9.17, 15) is 0 Å². The van der Waals surface area contributed by atoms with E-state index in [2.05, 4.69) is 162 Å². The maximum Gasteiger partial charge on any atom is 0.164 e. The third-order valence-electron chi connectivity index (χ3n) is 9.80. The Bertz CT molecular complexity index is 2910. The topological polar surface area (TPSA) is 43.6 Å². The highest BCUT2D eigenvalue weighted by molar-refractivity contribution is 6.21. The van der Waals surface area contributed by atoms with Gasteiger partial charge in [0.15, 0.2) is 17.5 Å². The highest BCUT2D eigenvalue weighted by atomic mass is 15.0. The molecule has 0 bridgehead atoms. The second kappa shape index (κ2) is 11.9. The lowest BCUT2D eigenvalue weighted by molar-refractivity contribution is 1.07. The Kier molecular flexibility index (Phi) is 6.78. The molecule has 4 heteroatoms. The van der Waals surface area contributed by atoms with Crippen molar-refractivity contribution in [2.45, 2.75) is 0 Å². The Labute approximate surface area is 295 Å². The third kappa shape index (κ3) is 4.96. The molecular formula is C47H30N4. The molecule has 0 saturated heterocycles. The second-order valence-electron chi connectivity index (χ2n) is 12.9. The summed E-state index contributed by atoms with van der Waals surface area (Å²) < 4.78 is 2.41. The van der Waals surface area contributed by atoms with Crippen LogP contribution in [0.4, 0.5) is 0 Å². The number of aromatic nitrogens is 4. The van der Waals surface area contributed by atoms with E-state index >= 15 is 0 Å². The number of benzene rings is 8. The molecule has 8 aromatic carbocycles. The number of hydrogen-bond donors (Lipinski definition) is 0. The van der Waals surface area contributed by atoms with Crippen molar-refractivity contribution >= 4 is 43.4 Å². The van der Waals surface area contributed by atoms with Crippen LogP contribution in [-0.2, 0) is 0 Å².